The molecule has 4 rings (SSSR count). The Bertz CT molecular complexity index is 1070. The van der Waals surface area contributed by atoms with Crippen molar-refractivity contribution >= 4 is 11.7 Å². The fourth-order valence-electron chi connectivity index (χ4n) is 3.68. The lowest BCUT2D eigenvalue weighted by Gasteiger charge is -2.36. The van der Waals surface area contributed by atoms with Gasteiger partial charge in [-0.15, -0.1) is 0 Å². The molecule has 154 valence electrons. The number of amides is 1. The van der Waals surface area contributed by atoms with E-state index in [2.05, 4.69) is 28.9 Å². The average molecular weight is 404 g/mol. The molecule has 1 amide bonds. The van der Waals surface area contributed by atoms with Gasteiger partial charge in [-0.1, -0.05) is 42.0 Å². The first kappa shape index (κ1) is 20.0. The van der Waals surface area contributed by atoms with Gasteiger partial charge in [0, 0.05) is 43.0 Å². The first-order chi connectivity index (χ1) is 14.4. The molecule has 0 unspecified atom stereocenters. The topological polar surface area (TPSA) is 49.3 Å². The van der Waals surface area contributed by atoms with Crippen LogP contribution in [0.25, 0.3) is 11.4 Å². The third kappa shape index (κ3) is 3.90. The van der Waals surface area contributed by atoms with Crippen LogP contribution in [0, 0.1) is 26.6 Å². The van der Waals surface area contributed by atoms with E-state index < -0.39 is 5.82 Å². The SMILES string of the molecule is Cc1ccc(-c2nc(C)c(C)c(N3CCN(C(=O)c4ccccc4F)CC3)n2)cc1. The molecule has 0 radical (unpaired) electrons. The number of aryl methyl sites for hydroxylation is 2. The summed E-state index contributed by atoms with van der Waals surface area (Å²) in [6.45, 7) is 8.41. The van der Waals surface area contributed by atoms with Gasteiger partial charge in [0.2, 0.25) is 0 Å². The highest BCUT2D eigenvalue weighted by molar-refractivity contribution is 5.94. The molecule has 0 saturated carbocycles. The van der Waals surface area contributed by atoms with Gasteiger partial charge in [-0.05, 0) is 32.9 Å². The van der Waals surface area contributed by atoms with Crippen molar-refractivity contribution in [3.8, 4) is 11.4 Å². The monoisotopic (exact) mass is 404 g/mol. The van der Waals surface area contributed by atoms with E-state index in [1.165, 1.54) is 17.7 Å². The number of halogens is 1. The van der Waals surface area contributed by atoms with Crippen LogP contribution in [0.15, 0.2) is 48.5 Å². The van der Waals surface area contributed by atoms with Gasteiger partial charge in [-0.2, -0.15) is 0 Å². The molecule has 5 nitrogen and oxygen atoms in total. The first-order valence-electron chi connectivity index (χ1n) is 10.1. The van der Waals surface area contributed by atoms with Crippen LogP contribution in [-0.2, 0) is 0 Å². The van der Waals surface area contributed by atoms with E-state index in [9.17, 15) is 9.18 Å². The van der Waals surface area contributed by atoms with Crippen LogP contribution in [0.5, 0.6) is 0 Å². The van der Waals surface area contributed by atoms with Gasteiger partial charge >= 0.3 is 0 Å². The van der Waals surface area contributed by atoms with E-state index in [4.69, 9.17) is 4.98 Å². The van der Waals surface area contributed by atoms with Crippen molar-refractivity contribution < 1.29 is 9.18 Å². The normalized spacial score (nSPS) is 14.1. The maximum Gasteiger partial charge on any atom is 0.256 e. The predicted molar refractivity (Wildman–Crippen MR) is 116 cm³/mol. The Hall–Kier alpha value is -3.28. The van der Waals surface area contributed by atoms with Crippen molar-refractivity contribution in [2.45, 2.75) is 20.8 Å². The number of rotatable bonds is 3. The Labute approximate surface area is 176 Å². The molecule has 1 fully saturated rings. The summed E-state index contributed by atoms with van der Waals surface area (Å²) in [4.78, 5) is 26.1. The minimum absolute atomic E-state index is 0.127. The molecule has 0 bridgehead atoms. The predicted octanol–water partition coefficient (Wildman–Crippen LogP) is 4.17. The van der Waals surface area contributed by atoms with Crippen molar-refractivity contribution in [2.75, 3.05) is 31.1 Å². The Morgan fingerprint density at radius 3 is 2.23 bits per heavy atom. The van der Waals surface area contributed by atoms with Crippen LogP contribution < -0.4 is 4.90 Å². The number of anilines is 1. The molecule has 1 saturated heterocycles. The number of piperazine rings is 1. The molecule has 1 aromatic heterocycles. The number of aromatic nitrogens is 2. The second-order valence-electron chi connectivity index (χ2n) is 7.71. The van der Waals surface area contributed by atoms with E-state index in [-0.39, 0.29) is 11.5 Å². The summed E-state index contributed by atoms with van der Waals surface area (Å²) in [6, 6.07) is 14.3. The van der Waals surface area contributed by atoms with Gasteiger partial charge in [0.25, 0.3) is 5.91 Å². The van der Waals surface area contributed by atoms with E-state index in [0.717, 1.165) is 22.6 Å². The molecule has 0 N–H and O–H groups in total. The lowest BCUT2D eigenvalue weighted by Crippen LogP contribution is -2.49. The summed E-state index contributed by atoms with van der Waals surface area (Å²) < 4.78 is 14.0. The second-order valence-corrected chi connectivity index (χ2v) is 7.71. The van der Waals surface area contributed by atoms with Gasteiger partial charge < -0.3 is 9.80 Å². The van der Waals surface area contributed by atoms with E-state index >= 15 is 0 Å². The maximum atomic E-state index is 14.0. The lowest BCUT2D eigenvalue weighted by atomic mass is 10.1. The molecule has 1 aliphatic rings. The highest BCUT2D eigenvalue weighted by Gasteiger charge is 2.26. The zero-order valence-electron chi connectivity index (χ0n) is 17.5. The van der Waals surface area contributed by atoms with Crippen LogP contribution in [0.4, 0.5) is 10.2 Å². The zero-order chi connectivity index (χ0) is 21.3. The van der Waals surface area contributed by atoms with Gasteiger partial charge in [0.05, 0.1) is 5.56 Å². The Morgan fingerprint density at radius 2 is 1.57 bits per heavy atom. The summed E-state index contributed by atoms with van der Waals surface area (Å²) >= 11 is 0. The molecule has 0 aliphatic carbocycles. The first-order valence-corrected chi connectivity index (χ1v) is 10.1. The van der Waals surface area contributed by atoms with Crippen LogP contribution in [-0.4, -0.2) is 47.0 Å². The zero-order valence-corrected chi connectivity index (χ0v) is 17.5. The molecule has 30 heavy (non-hydrogen) atoms. The fourth-order valence-corrected chi connectivity index (χ4v) is 3.68. The second kappa shape index (κ2) is 8.22. The average Bonchev–Trinajstić information content (AvgIpc) is 2.76. The summed E-state index contributed by atoms with van der Waals surface area (Å²) in [5.74, 6) is 0.868. The van der Waals surface area contributed by atoms with Crippen LogP contribution >= 0.6 is 0 Å². The number of hydrogen-bond acceptors (Lipinski definition) is 4. The number of benzene rings is 2. The molecule has 1 aliphatic heterocycles. The van der Waals surface area contributed by atoms with Crippen molar-refractivity contribution in [1.82, 2.24) is 14.9 Å². The highest BCUT2D eigenvalue weighted by Crippen LogP contribution is 2.26. The summed E-state index contributed by atoms with van der Waals surface area (Å²) in [5.41, 5.74) is 4.29. The fraction of sp³-hybridized carbons (Fsp3) is 0.292. The van der Waals surface area contributed by atoms with Gasteiger partial charge in [-0.3, -0.25) is 4.79 Å². The molecule has 2 aromatic carbocycles. The standard InChI is InChI=1S/C24H25FN4O/c1-16-8-10-19(11-9-16)22-26-18(3)17(2)23(27-22)28-12-14-29(15-13-28)24(30)20-6-4-5-7-21(20)25/h4-11H,12-15H2,1-3H3. The molecule has 0 atom stereocenters. The van der Waals surface area contributed by atoms with Gasteiger partial charge in [0.1, 0.15) is 11.6 Å². The Balaban J connectivity index is 1.54. The Kier molecular flexibility index (Phi) is 5.48. The van der Waals surface area contributed by atoms with Crippen LogP contribution in [0.1, 0.15) is 27.2 Å². The summed E-state index contributed by atoms with van der Waals surface area (Å²) in [5, 5.41) is 0. The molecule has 0 spiro atoms. The third-order valence-corrected chi connectivity index (χ3v) is 5.64. The summed E-state index contributed by atoms with van der Waals surface area (Å²) in [6.07, 6.45) is 0. The van der Waals surface area contributed by atoms with Gasteiger partial charge in [0.15, 0.2) is 5.82 Å². The van der Waals surface area contributed by atoms with E-state index in [1.54, 1.807) is 17.0 Å². The number of carbonyl (C=O) groups is 1. The van der Waals surface area contributed by atoms with E-state index in [1.807, 2.05) is 26.0 Å². The molecule has 2 heterocycles. The van der Waals surface area contributed by atoms with Crippen LogP contribution in [0.2, 0.25) is 0 Å². The lowest BCUT2D eigenvalue weighted by molar-refractivity contribution is 0.0742. The molecule has 3 aromatic rings. The molecular formula is C24H25FN4O. The van der Waals surface area contributed by atoms with Crippen molar-refractivity contribution in [3.63, 3.8) is 0 Å². The Morgan fingerprint density at radius 1 is 0.900 bits per heavy atom. The molecule has 6 heteroatoms. The smallest absolute Gasteiger partial charge is 0.256 e. The van der Waals surface area contributed by atoms with E-state index in [0.29, 0.717) is 32.0 Å². The van der Waals surface area contributed by atoms with Crippen molar-refractivity contribution in [2.24, 2.45) is 0 Å². The quantitative estimate of drug-likeness (QED) is 0.657. The highest BCUT2D eigenvalue weighted by atomic mass is 19.1. The summed E-state index contributed by atoms with van der Waals surface area (Å²) in [7, 11) is 0. The van der Waals surface area contributed by atoms with Gasteiger partial charge in [-0.25, -0.2) is 14.4 Å². The largest absolute Gasteiger partial charge is 0.353 e. The number of hydrogen-bond donors (Lipinski definition) is 0. The molecular weight excluding hydrogens is 379 g/mol. The number of carbonyl (C=O) groups excluding carboxylic acids is 1. The minimum Gasteiger partial charge on any atom is -0.353 e. The minimum atomic E-state index is -0.477. The van der Waals surface area contributed by atoms with Crippen molar-refractivity contribution in [1.29, 1.82) is 0 Å². The third-order valence-electron chi connectivity index (χ3n) is 5.64. The number of nitrogens with zero attached hydrogens (tertiary/aromatic N) is 4. The maximum absolute atomic E-state index is 14.0. The van der Waals surface area contributed by atoms with Crippen LogP contribution in [0.3, 0.4) is 0 Å². The van der Waals surface area contributed by atoms with Crippen molar-refractivity contribution in [3.05, 3.63) is 76.7 Å².